The minimum Gasteiger partial charge on any atom is -0.468 e. The first-order valence-electron chi connectivity index (χ1n) is 18.9. The van der Waals surface area contributed by atoms with Gasteiger partial charge < -0.3 is 61.4 Å². The predicted octanol–water partition coefficient (Wildman–Crippen LogP) is 0.696. The number of likely N-dealkylation sites (N-methyl/N-ethyl adjacent to an activating group) is 2. The van der Waals surface area contributed by atoms with Crippen molar-refractivity contribution in [2.24, 2.45) is 20.0 Å². The van der Waals surface area contributed by atoms with Crippen LogP contribution in [0.25, 0.3) is 0 Å². The van der Waals surface area contributed by atoms with E-state index in [9.17, 15) is 9.59 Å². The highest BCUT2D eigenvalue weighted by Crippen LogP contribution is 1.98. The molecule has 0 fully saturated rings. The molecule has 0 saturated heterocycles. The van der Waals surface area contributed by atoms with Gasteiger partial charge in [-0.3, -0.25) is 29.6 Å². The van der Waals surface area contributed by atoms with Crippen molar-refractivity contribution in [1.29, 1.82) is 0 Å². The van der Waals surface area contributed by atoms with Crippen molar-refractivity contribution in [3.05, 3.63) is 0 Å². The molecule has 0 aliphatic carbocycles. The highest BCUT2D eigenvalue weighted by atomic mass is 16.5. The van der Waals surface area contributed by atoms with Crippen molar-refractivity contribution in [3.8, 4) is 0 Å². The molecule has 8 N–H and O–H groups in total. The Balaban J connectivity index is -0.000000139. The van der Waals surface area contributed by atoms with E-state index in [0.717, 1.165) is 49.3 Å². The van der Waals surface area contributed by atoms with Crippen LogP contribution in [0.3, 0.4) is 0 Å². The minimum absolute atomic E-state index is 0.0133. The van der Waals surface area contributed by atoms with Gasteiger partial charge in [0.2, 0.25) is 0 Å². The fourth-order valence-electron chi connectivity index (χ4n) is 3.25. The zero-order chi connectivity index (χ0) is 45.1. The molecule has 0 spiro atoms. The van der Waals surface area contributed by atoms with Crippen LogP contribution in [0.4, 0.5) is 0 Å². The first-order chi connectivity index (χ1) is 26.4. The highest BCUT2D eigenvalue weighted by Gasteiger charge is 2.17. The number of aliphatic imine (C=N–C) groups is 4. The highest BCUT2D eigenvalue weighted by molar-refractivity contribution is 5.80. The zero-order valence-corrected chi connectivity index (χ0v) is 39.2. The van der Waals surface area contributed by atoms with Gasteiger partial charge in [0.05, 0.1) is 37.6 Å². The Bertz CT molecular complexity index is 998. The number of nitrogens with one attached hydrogen (secondary N) is 6. The predicted molar refractivity (Wildman–Crippen MR) is 239 cm³/mol. The number of aliphatic hydroxyl groups excluding tert-OH is 2. The third-order valence-electron chi connectivity index (χ3n) is 8.43. The number of esters is 2. The van der Waals surface area contributed by atoms with Crippen LogP contribution >= 0.6 is 0 Å². The summed E-state index contributed by atoms with van der Waals surface area (Å²) in [5.41, 5.74) is 0. The number of nitrogens with zero attached hydrogens (tertiary/aromatic N) is 6. The van der Waals surface area contributed by atoms with Gasteiger partial charge in [-0.15, -0.1) is 0 Å². The maximum absolute atomic E-state index is 11.3. The van der Waals surface area contributed by atoms with Gasteiger partial charge in [0.15, 0.2) is 0 Å². The smallest absolute Gasteiger partial charge is 0.322 e. The molecule has 0 aromatic heterocycles. The van der Waals surface area contributed by atoms with Crippen LogP contribution in [0.1, 0.15) is 67.2 Å². The molecular weight excluding hydrogens is 720 g/mol. The molecule has 0 saturated carbocycles. The second kappa shape index (κ2) is 47.7. The third-order valence-corrected chi connectivity index (χ3v) is 8.43. The monoisotopic (exact) mass is 809 g/mol. The SMILES string of the molecule is CN=C(C)N(C)CC[C@@H](C)NC.CN=C(C)N(C)CC[C@H](NC)C(=O)OC.CN=C(C)NC.CN=C(C)NC.CN[C@@H](CCO)C(=O)OC.CN[C@H](C)CCO. The van der Waals surface area contributed by atoms with Gasteiger partial charge in [-0.05, 0) is 95.4 Å². The Labute approximate surface area is 342 Å². The minimum atomic E-state index is -0.380. The number of ether oxygens (including phenoxy) is 2. The number of aliphatic hydroxyl groups is 2. The van der Waals surface area contributed by atoms with Gasteiger partial charge in [0.25, 0.3) is 0 Å². The summed E-state index contributed by atoms with van der Waals surface area (Å²) in [6.07, 6.45) is 3.09. The summed E-state index contributed by atoms with van der Waals surface area (Å²) < 4.78 is 9.12. The lowest BCUT2D eigenvalue weighted by molar-refractivity contribution is -0.144. The largest absolute Gasteiger partial charge is 0.468 e. The molecule has 0 aromatic carbocycles. The molecular formula is C38H88N12O6. The van der Waals surface area contributed by atoms with Crippen LogP contribution in [0.2, 0.25) is 0 Å². The Morgan fingerprint density at radius 3 is 1.09 bits per heavy atom. The fraction of sp³-hybridized carbons (Fsp3) is 0.842. The lowest BCUT2D eigenvalue weighted by Gasteiger charge is -2.21. The third kappa shape index (κ3) is 45.0. The van der Waals surface area contributed by atoms with Crippen LogP contribution in [-0.2, 0) is 19.1 Å². The molecule has 0 heterocycles. The van der Waals surface area contributed by atoms with Crippen LogP contribution < -0.4 is 31.9 Å². The summed E-state index contributed by atoms with van der Waals surface area (Å²) in [6.45, 7) is 14.1. The van der Waals surface area contributed by atoms with Gasteiger partial charge in [0.1, 0.15) is 12.1 Å². The first kappa shape index (κ1) is 64.5. The molecule has 0 aliphatic heterocycles. The lowest BCUT2D eigenvalue weighted by atomic mass is 10.2. The number of hydrogen-bond acceptors (Lipinski definition) is 14. The number of carbonyl (C=O) groups is 2. The first-order valence-corrected chi connectivity index (χ1v) is 18.9. The molecule has 336 valence electrons. The van der Waals surface area contributed by atoms with E-state index in [2.05, 4.69) is 80.2 Å². The molecule has 0 aliphatic rings. The van der Waals surface area contributed by atoms with Crippen LogP contribution in [0.5, 0.6) is 0 Å². The zero-order valence-electron chi connectivity index (χ0n) is 39.2. The van der Waals surface area contributed by atoms with E-state index in [-0.39, 0.29) is 37.2 Å². The van der Waals surface area contributed by atoms with Crippen molar-refractivity contribution < 1.29 is 29.3 Å². The summed E-state index contributed by atoms with van der Waals surface area (Å²) in [7, 11) is 24.8. The van der Waals surface area contributed by atoms with E-state index >= 15 is 0 Å². The number of amidine groups is 4. The standard InChI is InChI=1S/C10H21N3O2.C9H21N3.C6H13NO3.C5H13NO.2C4H10N2/c1-8(11-2)13(4)7-6-9(12-3)10(14)15-5;1-8(10-3)6-7-12(5)9(2)11-4;1-7-5(3-4-8)6(9)10-2;1-5(6-2)3-4-7;2*1-4(5-2)6-3/h9,12H,6-7H2,1-5H3;8,10H,6-7H2,1-5H3;5,7-8H,3-4H2,1-2H3;5-7H,3-4H2,1-2H3;2*1-3H3,(H,5,6)/t9-;8-;2*5-;;/m0101../s1. The Morgan fingerprint density at radius 1 is 0.554 bits per heavy atom. The van der Waals surface area contributed by atoms with E-state index < -0.39 is 0 Å². The molecule has 0 aromatic rings. The van der Waals surface area contributed by atoms with Crippen molar-refractivity contribution in [3.63, 3.8) is 0 Å². The molecule has 4 atom stereocenters. The van der Waals surface area contributed by atoms with Crippen molar-refractivity contribution in [2.75, 3.05) is 125 Å². The van der Waals surface area contributed by atoms with Gasteiger partial charge in [-0.25, -0.2) is 0 Å². The molecule has 0 unspecified atom stereocenters. The quantitative estimate of drug-likeness (QED) is 0.0612. The number of carbonyl (C=O) groups excluding carboxylic acids is 2. The summed E-state index contributed by atoms with van der Waals surface area (Å²) in [4.78, 5) is 42.0. The summed E-state index contributed by atoms with van der Waals surface area (Å²) in [5.74, 6) is 3.42. The number of rotatable bonds is 16. The van der Waals surface area contributed by atoms with Gasteiger partial charge >= 0.3 is 11.9 Å². The Hall–Kier alpha value is -3.42. The Kier molecular flexibility index (Phi) is 55.0. The second-order valence-corrected chi connectivity index (χ2v) is 12.2. The molecule has 0 bridgehead atoms. The van der Waals surface area contributed by atoms with Crippen LogP contribution in [0.15, 0.2) is 20.0 Å². The number of hydrogen-bond donors (Lipinski definition) is 8. The molecule has 0 radical (unpaired) electrons. The molecule has 18 heteroatoms. The van der Waals surface area contributed by atoms with Crippen molar-refractivity contribution >= 4 is 35.3 Å². The second-order valence-electron chi connectivity index (χ2n) is 12.2. The summed E-state index contributed by atoms with van der Waals surface area (Å²) >= 11 is 0. The molecule has 56 heavy (non-hydrogen) atoms. The van der Waals surface area contributed by atoms with Gasteiger partial charge in [-0.1, -0.05) is 0 Å². The van der Waals surface area contributed by atoms with E-state index in [1.54, 1.807) is 35.2 Å². The Morgan fingerprint density at radius 2 is 0.875 bits per heavy atom. The van der Waals surface area contributed by atoms with E-state index in [0.29, 0.717) is 24.9 Å². The topological polar surface area (TPSA) is 221 Å². The number of methoxy groups -OCH3 is 2. The van der Waals surface area contributed by atoms with Crippen LogP contribution in [0, 0.1) is 0 Å². The lowest BCUT2D eigenvalue weighted by Crippen LogP contribution is -2.38. The molecule has 0 rings (SSSR count). The fourth-order valence-corrected chi connectivity index (χ4v) is 3.25. The average Bonchev–Trinajstić information content (AvgIpc) is 3.23. The van der Waals surface area contributed by atoms with Gasteiger partial charge in [0, 0.05) is 94.8 Å². The van der Waals surface area contributed by atoms with E-state index in [1.807, 2.05) is 81.8 Å². The molecule has 18 nitrogen and oxygen atoms in total. The van der Waals surface area contributed by atoms with Crippen molar-refractivity contribution in [2.45, 2.75) is 91.4 Å². The van der Waals surface area contributed by atoms with E-state index in [1.165, 1.54) is 14.2 Å². The maximum atomic E-state index is 11.3. The van der Waals surface area contributed by atoms with Crippen LogP contribution in [-0.4, -0.2) is 205 Å². The summed E-state index contributed by atoms with van der Waals surface area (Å²) in [5, 5.41) is 34.4. The molecule has 0 amide bonds. The summed E-state index contributed by atoms with van der Waals surface area (Å²) in [6, 6.07) is 0.402. The van der Waals surface area contributed by atoms with Gasteiger partial charge in [-0.2, -0.15) is 0 Å². The normalized spacial score (nSPS) is 13.2. The van der Waals surface area contributed by atoms with E-state index in [4.69, 9.17) is 10.2 Å². The average molecular weight is 809 g/mol. The van der Waals surface area contributed by atoms with Crippen molar-refractivity contribution in [1.82, 2.24) is 41.7 Å². The maximum Gasteiger partial charge on any atom is 0.322 e.